The summed E-state index contributed by atoms with van der Waals surface area (Å²) in [5.41, 5.74) is 0.583. The predicted octanol–water partition coefficient (Wildman–Crippen LogP) is 5.54. The number of allylic oxidation sites excluding steroid dienone is 1. The van der Waals surface area contributed by atoms with Gasteiger partial charge in [0.1, 0.15) is 16.9 Å². The highest BCUT2D eigenvalue weighted by atomic mass is 79.9. The number of fused-ring (bicyclic) bond motifs is 3. The molecule has 6 nitrogen and oxygen atoms in total. The number of hydrogen-bond acceptors (Lipinski definition) is 5. The van der Waals surface area contributed by atoms with E-state index in [0.29, 0.717) is 47.9 Å². The molecule has 0 saturated carbocycles. The number of hydrogen-bond donors (Lipinski definition) is 0. The monoisotopic (exact) mass is 508 g/mol. The number of nitrogens with zero attached hydrogens (tertiary/aromatic N) is 4. The Morgan fingerprint density at radius 2 is 2.00 bits per heavy atom. The molecule has 2 atom stereocenters. The molecule has 0 spiro atoms. The van der Waals surface area contributed by atoms with E-state index >= 15 is 4.39 Å². The van der Waals surface area contributed by atoms with Crippen molar-refractivity contribution in [2.45, 2.75) is 52.2 Å². The third-order valence-electron chi connectivity index (χ3n) is 5.95. The molecule has 172 valence electrons. The number of carbonyl (C=O) groups is 1. The standard InChI is InChI=1S/C23H27BrF2N4O2/c1-12(2)15-9-16-19(18(25)17(15)24)27-21(26)28-20(16)29-7-6-13-8-14(11-29)30(10-13)22(31)32-23(3,4)5/h9,13-14H,1,6-8,10-11H2,2-5H3. The Bertz CT molecular complexity index is 1100. The van der Waals surface area contributed by atoms with Gasteiger partial charge < -0.3 is 14.5 Å². The topological polar surface area (TPSA) is 58.6 Å². The Labute approximate surface area is 194 Å². The number of carbonyl (C=O) groups excluding carboxylic acids is 1. The predicted molar refractivity (Wildman–Crippen MR) is 124 cm³/mol. The number of aromatic nitrogens is 2. The van der Waals surface area contributed by atoms with Crippen LogP contribution in [-0.2, 0) is 4.74 Å². The van der Waals surface area contributed by atoms with E-state index in [-0.39, 0.29) is 22.1 Å². The average Bonchev–Trinajstić information content (AvgIpc) is 2.96. The molecule has 0 radical (unpaired) electrons. The van der Waals surface area contributed by atoms with Crippen molar-refractivity contribution in [2.24, 2.45) is 5.92 Å². The molecular formula is C23H27BrF2N4O2. The Morgan fingerprint density at radius 3 is 2.66 bits per heavy atom. The summed E-state index contributed by atoms with van der Waals surface area (Å²) in [6.45, 7) is 13.0. The quantitative estimate of drug-likeness (QED) is 0.498. The van der Waals surface area contributed by atoms with Crippen molar-refractivity contribution in [3.63, 3.8) is 0 Å². The fourth-order valence-corrected chi connectivity index (χ4v) is 5.17. The lowest BCUT2D eigenvalue weighted by atomic mass is 10.0. The van der Waals surface area contributed by atoms with E-state index in [1.54, 1.807) is 17.9 Å². The molecule has 1 aromatic heterocycles. The van der Waals surface area contributed by atoms with Gasteiger partial charge in [0.15, 0.2) is 5.82 Å². The molecule has 2 aromatic rings. The molecule has 1 amide bonds. The first-order chi connectivity index (χ1) is 14.9. The first-order valence-electron chi connectivity index (χ1n) is 10.7. The van der Waals surface area contributed by atoms with Gasteiger partial charge in [0, 0.05) is 25.0 Å². The van der Waals surface area contributed by atoms with Gasteiger partial charge in [-0.3, -0.25) is 0 Å². The van der Waals surface area contributed by atoms with Gasteiger partial charge in [-0.25, -0.2) is 9.18 Å². The second-order valence-electron chi connectivity index (χ2n) is 9.67. The highest BCUT2D eigenvalue weighted by Gasteiger charge is 2.41. The van der Waals surface area contributed by atoms with E-state index in [1.807, 2.05) is 25.7 Å². The van der Waals surface area contributed by atoms with Crippen molar-refractivity contribution in [1.29, 1.82) is 0 Å². The van der Waals surface area contributed by atoms with Crippen LogP contribution in [0.4, 0.5) is 19.4 Å². The lowest BCUT2D eigenvalue weighted by Crippen LogP contribution is -2.46. The first-order valence-corrected chi connectivity index (χ1v) is 11.5. The number of likely N-dealkylation sites (tertiary alicyclic amines) is 1. The normalized spacial score (nSPS) is 21.1. The van der Waals surface area contributed by atoms with Crippen LogP contribution in [0.3, 0.4) is 0 Å². The molecular weight excluding hydrogens is 482 g/mol. The zero-order valence-corrected chi connectivity index (χ0v) is 20.3. The third kappa shape index (κ3) is 4.31. The molecule has 0 N–H and O–H groups in total. The third-order valence-corrected chi connectivity index (χ3v) is 6.73. The summed E-state index contributed by atoms with van der Waals surface area (Å²) in [4.78, 5) is 24.2. The van der Waals surface area contributed by atoms with Gasteiger partial charge >= 0.3 is 12.2 Å². The highest BCUT2D eigenvalue weighted by Crippen LogP contribution is 2.38. The average molecular weight is 509 g/mol. The maximum absolute atomic E-state index is 15.1. The van der Waals surface area contributed by atoms with Crippen molar-refractivity contribution < 1.29 is 18.3 Å². The fraction of sp³-hybridized carbons (Fsp3) is 0.522. The molecule has 2 aliphatic rings. The molecule has 32 heavy (non-hydrogen) atoms. The van der Waals surface area contributed by atoms with Crippen molar-refractivity contribution in [2.75, 3.05) is 24.5 Å². The Hall–Kier alpha value is -2.29. The first kappa shape index (κ1) is 22.9. The van der Waals surface area contributed by atoms with Gasteiger partial charge in [-0.1, -0.05) is 6.58 Å². The van der Waals surface area contributed by atoms with Crippen LogP contribution in [0.5, 0.6) is 0 Å². The zero-order chi connectivity index (χ0) is 23.4. The summed E-state index contributed by atoms with van der Waals surface area (Å²) >= 11 is 3.24. The van der Waals surface area contributed by atoms with Crippen LogP contribution in [0.15, 0.2) is 17.1 Å². The number of anilines is 1. The number of halogens is 3. The van der Waals surface area contributed by atoms with E-state index in [4.69, 9.17) is 4.74 Å². The van der Waals surface area contributed by atoms with E-state index in [1.165, 1.54) is 0 Å². The summed E-state index contributed by atoms with van der Waals surface area (Å²) in [6.07, 6.45) is 0.331. The van der Waals surface area contributed by atoms with Crippen LogP contribution in [-0.4, -0.2) is 52.2 Å². The lowest BCUT2D eigenvalue weighted by Gasteiger charge is -2.34. The van der Waals surface area contributed by atoms with Crippen LogP contribution >= 0.6 is 15.9 Å². The number of ether oxygens (including phenoxy) is 1. The lowest BCUT2D eigenvalue weighted by molar-refractivity contribution is 0.0221. The number of rotatable bonds is 2. The van der Waals surface area contributed by atoms with Crippen LogP contribution in [0.1, 0.15) is 46.1 Å². The molecule has 2 fully saturated rings. The maximum Gasteiger partial charge on any atom is 0.410 e. The summed E-state index contributed by atoms with van der Waals surface area (Å²) in [6, 6.07) is 1.65. The maximum atomic E-state index is 15.1. The van der Waals surface area contributed by atoms with E-state index < -0.39 is 17.5 Å². The minimum Gasteiger partial charge on any atom is -0.444 e. The minimum atomic E-state index is -0.986. The van der Waals surface area contributed by atoms with Crippen molar-refractivity contribution in [3.8, 4) is 0 Å². The van der Waals surface area contributed by atoms with Gasteiger partial charge in [0.25, 0.3) is 0 Å². The van der Waals surface area contributed by atoms with Crippen LogP contribution in [0.2, 0.25) is 0 Å². The molecule has 2 saturated heterocycles. The van der Waals surface area contributed by atoms with Gasteiger partial charge in [0.05, 0.1) is 10.5 Å². The van der Waals surface area contributed by atoms with Crippen LogP contribution < -0.4 is 4.90 Å². The molecule has 0 aliphatic carbocycles. The van der Waals surface area contributed by atoms with E-state index in [0.717, 1.165) is 12.8 Å². The van der Waals surface area contributed by atoms with Crippen molar-refractivity contribution >= 4 is 44.3 Å². The molecule has 3 heterocycles. The molecule has 2 bridgehead atoms. The van der Waals surface area contributed by atoms with Crippen molar-refractivity contribution in [1.82, 2.24) is 14.9 Å². The Morgan fingerprint density at radius 1 is 1.28 bits per heavy atom. The van der Waals surface area contributed by atoms with Gasteiger partial charge in [-0.05, 0) is 79.6 Å². The van der Waals surface area contributed by atoms with Crippen LogP contribution in [0, 0.1) is 17.8 Å². The summed E-state index contributed by atoms with van der Waals surface area (Å²) in [5.74, 6) is 0.0141. The molecule has 9 heteroatoms. The van der Waals surface area contributed by atoms with Gasteiger partial charge in [-0.15, -0.1) is 0 Å². The van der Waals surface area contributed by atoms with Gasteiger partial charge in [-0.2, -0.15) is 14.4 Å². The Balaban J connectivity index is 1.73. The van der Waals surface area contributed by atoms with E-state index in [9.17, 15) is 9.18 Å². The zero-order valence-electron chi connectivity index (χ0n) is 18.7. The molecule has 1 aromatic carbocycles. The van der Waals surface area contributed by atoms with Crippen LogP contribution in [0.25, 0.3) is 16.5 Å². The summed E-state index contributed by atoms with van der Waals surface area (Å²) in [5, 5.41) is 0.423. The highest BCUT2D eigenvalue weighted by molar-refractivity contribution is 9.10. The van der Waals surface area contributed by atoms with Crippen molar-refractivity contribution in [3.05, 3.63) is 34.6 Å². The molecule has 2 aliphatic heterocycles. The molecule has 2 unspecified atom stereocenters. The molecule has 4 rings (SSSR count). The minimum absolute atomic E-state index is 0.0808. The Kier molecular flexibility index (Phi) is 5.90. The summed E-state index contributed by atoms with van der Waals surface area (Å²) in [7, 11) is 0. The fourth-order valence-electron chi connectivity index (χ4n) is 4.53. The van der Waals surface area contributed by atoms with Gasteiger partial charge in [0.2, 0.25) is 0 Å². The second-order valence-corrected chi connectivity index (χ2v) is 10.5. The summed E-state index contributed by atoms with van der Waals surface area (Å²) < 4.78 is 35.2. The van der Waals surface area contributed by atoms with E-state index in [2.05, 4.69) is 32.5 Å². The largest absolute Gasteiger partial charge is 0.444 e. The second kappa shape index (κ2) is 8.24. The smallest absolute Gasteiger partial charge is 0.410 e. The number of amides is 1. The SMILES string of the molecule is C=C(C)c1cc2c(N3CCC4CC(C3)N(C(=O)OC(C)(C)C)C4)nc(F)nc2c(F)c1Br. The number of benzene rings is 1.